The standard InChI is InChI=1S/C23H19F4N3O2S/c1-15(29-33(31)23(25,26)27)22(16-5-3-2-4-6-16)32-20-11-12-21-17(13-20)14-28-30(21)19-9-7-18(24)8-10-19/h2-15,22,29H,1H3/t15-,22-,33?/m0/s1. The van der Waals surface area contributed by atoms with Crippen LogP contribution >= 0.6 is 0 Å². The van der Waals surface area contributed by atoms with Crippen LogP contribution in [0.1, 0.15) is 18.6 Å². The molecule has 3 atom stereocenters. The molecule has 4 rings (SSSR count). The number of ether oxygens (including phenoxy) is 1. The maximum atomic E-state index is 13.2. The topological polar surface area (TPSA) is 56.1 Å². The van der Waals surface area contributed by atoms with Gasteiger partial charge in [-0.25, -0.2) is 18.0 Å². The molecule has 10 heteroatoms. The Bertz CT molecular complexity index is 1260. The number of nitrogens with one attached hydrogen (secondary N) is 1. The number of halogens is 4. The first kappa shape index (κ1) is 22.9. The molecule has 172 valence electrons. The molecule has 3 aromatic carbocycles. The van der Waals surface area contributed by atoms with Crippen molar-refractivity contribution in [3.05, 3.63) is 90.4 Å². The van der Waals surface area contributed by atoms with Gasteiger partial charge >= 0.3 is 5.51 Å². The zero-order valence-corrected chi connectivity index (χ0v) is 18.1. The van der Waals surface area contributed by atoms with E-state index in [1.807, 2.05) is 0 Å². The van der Waals surface area contributed by atoms with Crippen LogP contribution in [0.3, 0.4) is 0 Å². The minimum Gasteiger partial charge on any atom is -0.484 e. The van der Waals surface area contributed by atoms with Gasteiger partial charge in [-0.3, -0.25) is 0 Å². The summed E-state index contributed by atoms with van der Waals surface area (Å²) in [5, 5.41) is 5.06. The highest BCUT2D eigenvalue weighted by Crippen LogP contribution is 2.30. The summed E-state index contributed by atoms with van der Waals surface area (Å²) in [6, 6.07) is 18.8. The van der Waals surface area contributed by atoms with Crippen molar-refractivity contribution in [1.82, 2.24) is 14.5 Å². The smallest absolute Gasteiger partial charge is 0.484 e. The van der Waals surface area contributed by atoms with Crippen molar-refractivity contribution >= 4 is 21.9 Å². The first-order chi connectivity index (χ1) is 15.7. The zero-order chi connectivity index (χ0) is 23.6. The lowest BCUT2D eigenvalue weighted by molar-refractivity contribution is -0.0400. The Balaban J connectivity index is 1.62. The summed E-state index contributed by atoms with van der Waals surface area (Å²) in [7, 11) is -3.23. The molecule has 1 heterocycles. The number of nitrogens with zero attached hydrogens (tertiary/aromatic N) is 2. The molecule has 0 saturated heterocycles. The molecule has 5 nitrogen and oxygen atoms in total. The molecule has 0 aliphatic carbocycles. The SMILES string of the molecule is C[C@H](NS(=O)C(F)(F)F)[C@H](Oc1ccc2c(cnn2-c2ccc(F)cc2)c1)c1ccccc1. The lowest BCUT2D eigenvalue weighted by Gasteiger charge is -2.26. The predicted octanol–water partition coefficient (Wildman–Crippen LogP) is 5.45. The van der Waals surface area contributed by atoms with Gasteiger partial charge in [-0.15, -0.1) is 0 Å². The Kier molecular flexibility index (Phi) is 6.48. The molecule has 4 aromatic rings. The summed E-state index contributed by atoms with van der Waals surface area (Å²) < 4.78 is 73.0. The highest BCUT2D eigenvalue weighted by atomic mass is 32.2. The highest BCUT2D eigenvalue weighted by molar-refractivity contribution is 7.83. The van der Waals surface area contributed by atoms with Gasteiger partial charge in [-0.05, 0) is 55.0 Å². The van der Waals surface area contributed by atoms with Gasteiger partial charge in [0.05, 0.1) is 23.4 Å². The Morgan fingerprint density at radius 1 is 1.03 bits per heavy atom. The fraction of sp³-hybridized carbons (Fsp3) is 0.174. The average Bonchev–Trinajstić information content (AvgIpc) is 3.21. The Labute approximate surface area is 189 Å². The summed E-state index contributed by atoms with van der Waals surface area (Å²) in [5.74, 6) is 0.0495. The van der Waals surface area contributed by atoms with Gasteiger partial charge in [-0.2, -0.15) is 18.3 Å². The number of benzene rings is 3. The second-order valence-electron chi connectivity index (χ2n) is 7.32. The third-order valence-electron chi connectivity index (χ3n) is 4.96. The van der Waals surface area contributed by atoms with Crippen LogP contribution < -0.4 is 9.46 Å². The molecule has 33 heavy (non-hydrogen) atoms. The van der Waals surface area contributed by atoms with Crippen molar-refractivity contribution in [3.8, 4) is 11.4 Å². The monoisotopic (exact) mass is 477 g/mol. The molecule has 0 fully saturated rings. The van der Waals surface area contributed by atoms with E-state index in [1.165, 1.54) is 19.1 Å². The van der Waals surface area contributed by atoms with Crippen LogP contribution in [0, 0.1) is 5.82 Å². The van der Waals surface area contributed by atoms with Gasteiger partial charge in [-0.1, -0.05) is 30.3 Å². The van der Waals surface area contributed by atoms with Crippen molar-refractivity contribution in [2.45, 2.75) is 24.6 Å². The van der Waals surface area contributed by atoms with Crippen LogP contribution in [0.5, 0.6) is 5.75 Å². The number of rotatable bonds is 7. The molecule has 0 aliphatic rings. The van der Waals surface area contributed by atoms with Gasteiger partial charge in [0.15, 0.2) is 11.0 Å². The van der Waals surface area contributed by atoms with Crippen LogP contribution in [0.25, 0.3) is 16.6 Å². The maximum Gasteiger partial charge on any atom is 0.485 e. The number of alkyl halides is 3. The van der Waals surface area contributed by atoms with E-state index in [0.717, 1.165) is 10.9 Å². The highest BCUT2D eigenvalue weighted by Gasteiger charge is 2.39. The molecule has 0 radical (unpaired) electrons. The van der Waals surface area contributed by atoms with E-state index in [0.29, 0.717) is 17.0 Å². The summed E-state index contributed by atoms with van der Waals surface area (Å²) in [4.78, 5) is 0. The fourth-order valence-electron chi connectivity index (χ4n) is 3.42. The minimum absolute atomic E-state index is 0.355. The summed E-state index contributed by atoms with van der Waals surface area (Å²) >= 11 is 0. The summed E-state index contributed by atoms with van der Waals surface area (Å²) in [6.07, 6.45) is 0.769. The van der Waals surface area contributed by atoms with E-state index in [2.05, 4.69) is 9.82 Å². The molecular formula is C23H19F4N3O2S. The number of hydrogen-bond acceptors (Lipinski definition) is 3. The van der Waals surface area contributed by atoms with Crippen molar-refractivity contribution in [2.24, 2.45) is 0 Å². The van der Waals surface area contributed by atoms with E-state index in [-0.39, 0.29) is 5.82 Å². The summed E-state index contributed by atoms with van der Waals surface area (Å²) in [5.41, 5.74) is -2.84. The van der Waals surface area contributed by atoms with Gasteiger partial charge < -0.3 is 4.74 Å². The fourth-order valence-corrected chi connectivity index (χ4v) is 4.01. The van der Waals surface area contributed by atoms with E-state index in [1.54, 1.807) is 71.5 Å². The largest absolute Gasteiger partial charge is 0.485 e. The van der Waals surface area contributed by atoms with Crippen LogP contribution in [0.2, 0.25) is 0 Å². The Morgan fingerprint density at radius 3 is 2.39 bits per heavy atom. The first-order valence-electron chi connectivity index (χ1n) is 9.92. The van der Waals surface area contributed by atoms with Crippen LogP contribution in [-0.4, -0.2) is 25.5 Å². The quantitative estimate of drug-likeness (QED) is 0.361. The van der Waals surface area contributed by atoms with E-state index in [9.17, 15) is 21.8 Å². The Morgan fingerprint density at radius 2 is 1.73 bits per heavy atom. The van der Waals surface area contributed by atoms with Crippen LogP contribution in [0.4, 0.5) is 17.6 Å². The van der Waals surface area contributed by atoms with Crippen LogP contribution in [-0.2, 0) is 11.0 Å². The van der Waals surface area contributed by atoms with E-state index in [4.69, 9.17) is 4.74 Å². The van der Waals surface area contributed by atoms with Crippen LogP contribution in [0.15, 0.2) is 79.0 Å². The maximum absolute atomic E-state index is 13.2. The van der Waals surface area contributed by atoms with Crippen molar-refractivity contribution in [3.63, 3.8) is 0 Å². The third-order valence-corrected chi connectivity index (χ3v) is 5.97. The molecule has 0 amide bonds. The number of fused-ring (bicyclic) bond motifs is 1. The zero-order valence-electron chi connectivity index (χ0n) is 17.3. The van der Waals surface area contributed by atoms with Gasteiger partial charge in [0.2, 0.25) is 0 Å². The molecule has 0 aliphatic heterocycles. The van der Waals surface area contributed by atoms with Crippen molar-refractivity contribution in [1.29, 1.82) is 0 Å². The molecule has 1 N–H and O–H groups in total. The third kappa shape index (κ3) is 5.23. The minimum atomic E-state index is -4.89. The normalized spacial score (nSPS) is 14.7. The van der Waals surface area contributed by atoms with Gasteiger partial charge in [0.1, 0.15) is 17.7 Å². The molecule has 1 unspecified atom stereocenters. The predicted molar refractivity (Wildman–Crippen MR) is 118 cm³/mol. The Hall–Kier alpha value is -3.24. The number of hydrogen-bond donors (Lipinski definition) is 1. The summed E-state index contributed by atoms with van der Waals surface area (Å²) in [6.45, 7) is 1.48. The second-order valence-corrected chi connectivity index (χ2v) is 8.56. The lowest BCUT2D eigenvalue weighted by Crippen LogP contribution is -2.41. The van der Waals surface area contributed by atoms with E-state index < -0.39 is 28.6 Å². The molecule has 0 saturated carbocycles. The molecule has 0 bridgehead atoms. The molecule has 0 spiro atoms. The van der Waals surface area contributed by atoms with Gasteiger partial charge in [0.25, 0.3) is 0 Å². The lowest BCUT2D eigenvalue weighted by atomic mass is 10.0. The van der Waals surface area contributed by atoms with Crippen molar-refractivity contribution in [2.75, 3.05) is 0 Å². The second kappa shape index (κ2) is 9.32. The molecule has 1 aromatic heterocycles. The van der Waals surface area contributed by atoms with E-state index >= 15 is 0 Å². The molecular weight excluding hydrogens is 458 g/mol. The van der Waals surface area contributed by atoms with Crippen molar-refractivity contribution < 1.29 is 26.5 Å². The average molecular weight is 477 g/mol. The van der Waals surface area contributed by atoms with Gasteiger partial charge in [0, 0.05) is 5.39 Å². The number of aromatic nitrogens is 2. The first-order valence-corrected chi connectivity index (χ1v) is 11.1.